The summed E-state index contributed by atoms with van der Waals surface area (Å²) in [6.07, 6.45) is 6.86. The number of nitrogens with zero attached hydrogens (tertiary/aromatic N) is 1. The van der Waals surface area contributed by atoms with Crippen LogP contribution in [0.5, 0.6) is 0 Å². The van der Waals surface area contributed by atoms with E-state index in [1.807, 2.05) is 10.8 Å². The van der Waals surface area contributed by atoms with Gasteiger partial charge in [0.05, 0.1) is 0 Å². The summed E-state index contributed by atoms with van der Waals surface area (Å²) >= 11 is 0. The lowest BCUT2D eigenvalue weighted by molar-refractivity contribution is 0.443. The molecule has 2 rings (SSSR count). The monoisotopic (exact) mass is 181 g/mol. The standard InChI is InChI=1S/C9H15N3O/c13-9-11-6-7-12(9)8-2-1-4-10-5-3-8/h6-8,10H,1-5H2,(H,11,13). The number of rotatable bonds is 1. The summed E-state index contributed by atoms with van der Waals surface area (Å²) in [5.41, 5.74) is 0.0203. The highest BCUT2D eigenvalue weighted by Gasteiger charge is 2.14. The summed E-state index contributed by atoms with van der Waals surface area (Å²) in [4.78, 5) is 14.0. The van der Waals surface area contributed by atoms with Gasteiger partial charge in [-0.15, -0.1) is 0 Å². The first-order chi connectivity index (χ1) is 6.38. The van der Waals surface area contributed by atoms with Crippen molar-refractivity contribution in [3.63, 3.8) is 0 Å². The van der Waals surface area contributed by atoms with Crippen LogP contribution in [-0.2, 0) is 0 Å². The van der Waals surface area contributed by atoms with Gasteiger partial charge in [-0.25, -0.2) is 4.79 Å². The molecule has 13 heavy (non-hydrogen) atoms. The summed E-state index contributed by atoms with van der Waals surface area (Å²) in [6, 6.07) is 0.383. The Bertz CT molecular complexity index is 307. The molecule has 4 heteroatoms. The van der Waals surface area contributed by atoms with E-state index in [0.717, 1.165) is 32.4 Å². The SMILES string of the molecule is O=c1[nH]ccn1C1CCCNCC1. The summed E-state index contributed by atoms with van der Waals surface area (Å²) in [5, 5.41) is 3.33. The molecule has 1 aromatic heterocycles. The highest BCUT2D eigenvalue weighted by atomic mass is 16.1. The van der Waals surface area contributed by atoms with E-state index >= 15 is 0 Å². The van der Waals surface area contributed by atoms with Crippen LogP contribution in [0, 0.1) is 0 Å². The molecule has 1 fully saturated rings. The van der Waals surface area contributed by atoms with Crippen LogP contribution in [0.15, 0.2) is 17.2 Å². The average molecular weight is 181 g/mol. The third kappa shape index (κ3) is 1.83. The number of aromatic amines is 1. The van der Waals surface area contributed by atoms with Crippen molar-refractivity contribution in [2.45, 2.75) is 25.3 Å². The molecule has 2 heterocycles. The van der Waals surface area contributed by atoms with E-state index in [1.54, 1.807) is 6.20 Å². The van der Waals surface area contributed by atoms with Crippen LogP contribution in [0.1, 0.15) is 25.3 Å². The molecule has 1 aliphatic heterocycles. The second-order valence-electron chi connectivity index (χ2n) is 3.51. The van der Waals surface area contributed by atoms with Crippen molar-refractivity contribution in [3.8, 4) is 0 Å². The molecule has 0 bridgehead atoms. The fraction of sp³-hybridized carbons (Fsp3) is 0.667. The summed E-state index contributed by atoms with van der Waals surface area (Å²) < 4.78 is 1.81. The minimum absolute atomic E-state index is 0.0203. The maximum atomic E-state index is 11.3. The van der Waals surface area contributed by atoms with E-state index in [-0.39, 0.29) is 5.69 Å². The normalized spacial score (nSPS) is 24.2. The fourth-order valence-electron chi connectivity index (χ4n) is 1.90. The molecule has 72 valence electrons. The predicted octanol–water partition coefficient (Wildman–Crippen LogP) is 0.491. The van der Waals surface area contributed by atoms with E-state index in [1.165, 1.54) is 0 Å². The Balaban J connectivity index is 2.15. The summed E-state index contributed by atoms with van der Waals surface area (Å²) in [7, 11) is 0. The lowest BCUT2D eigenvalue weighted by Gasteiger charge is -2.13. The Labute approximate surface area is 77.0 Å². The van der Waals surface area contributed by atoms with Gasteiger partial charge in [0.1, 0.15) is 0 Å². The van der Waals surface area contributed by atoms with Gasteiger partial charge >= 0.3 is 5.69 Å². The minimum atomic E-state index is 0.0203. The molecule has 0 aromatic carbocycles. The van der Waals surface area contributed by atoms with Crippen molar-refractivity contribution in [1.29, 1.82) is 0 Å². The van der Waals surface area contributed by atoms with Gasteiger partial charge in [0, 0.05) is 18.4 Å². The Kier molecular flexibility index (Phi) is 2.49. The number of hydrogen-bond donors (Lipinski definition) is 2. The molecule has 0 saturated carbocycles. The number of nitrogens with one attached hydrogen (secondary N) is 2. The van der Waals surface area contributed by atoms with Crippen molar-refractivity contribution >= 4 is 0 Å². The quantitative estimate of drug-likeness (QED) is 0.662. The molecule has 1 aliphatic rings. The third-order valence-corrected chi connectivity index (χ3v) is 2.62. The molecule has 1 saturated heterocycles. The maximum Gasteiger partial charge on any atom is 0.325 e. The van der Waals surface area contributed by atoms with E-state index in [4.69, 9.17) is 0 Å². The van der Waals surface area contributed by atoms with Crippen LogP contribution >= 0.6 is 0 Å². The van der Waals surface area contributed by atoms with Crippen LogP contribution in [0.4, 0.5) is 0 Å². The van der Waals surface area contributed by atoms with Crippen LogP contribution in [0.25, 0.3) is 0 Å². The van der Waals surface area contributed by atoms with Crippen molar-refractivity contribution in [2.75, 3.05) is 13.1 Å². The van der Waals surface area contributed by atoms with Gasteiger partial charge in [-0.2, -0.15) is 0 Å². The molecule has 1 unspecified atom stereocenters. The van der Waals surface area contributed by atoms with Gasteiger partial charge in [0.15, 0.2) is 0 Å². The van der Waals surface area contributed by atoms with Gasteiger partial charge < -0.3 is 10.3 Å². The Morgan fingerprint density at radius 2 is 2.31 bits per heavy atom. The molecule has 0 spiro atoms. The van der Waals surface area contributed by atoms with Crippen LogP contribution in [0.3, 0.4) is 0 Å². The molecular formula is C9H15N3O. The van der Waals surface area contributed by atoms with E-state index in [2.05, 4.69) is 10.3 Å². The van der Waals surface area contributed by atoms with Crippen LogP contribution in [0.2, 0.25) is 0 Å². The fourth-order valence-corrected chi connectivity index (χ4v) is 1.90. The second kappa shape index (κ2) is 3.79. The van der Waals surface area contributed by atoms with Crippen molar-refractivity contribution in [2.24, 2.45) is 0 Å². The van der Waals surface area contributed by atoms with Crippen molar-refractivity contribution < 1.29 is 0 Å². The molecular weight excluding hydrogens is 166 g/mol. The molecule has 0 radical (unpaired) electrons. The Morgan fingerprint density at radius 3 is 3.08 bits per heavy atom. The second-order valence-corrected chi connectivity index (χ2v) is 3.51. The number of H-pyrrole nitrogens is 1. The maximum absolute atomic E-state index is 11.3. The first-order valence-electron chi connectivity index (χ1n) is 4.84. The van der Waals surface area contributed by atoms with Crippen molar-refractivity contribution in [1.82, 2.24) is 14.9 Å². The highest BCUT2D eigenvalue weighted by Crippen LogP contribution is 2.17. The first kappa shape index (κ1) is 8.56. The topological polar surface area (TPSA) is 49.8 Å². The van der Waals surface area contributed by atoms with E-state index < -0.39 is 0 Å². The number of hydrogen-bond acceptors (Lipinski definition) is 2. The first-order valence-corrected chi connectivity index (χ1v) is 4.84. The lowest BCUT2D eigenvalue weighted by atomic mass is 10.1. The van der Waals surface area contributed by atoms with E-state index in [9.17, 15) is 4.79 Å². The Hall–Kier alpha value is -1.03. The van der Waals surface area contributed by atoms with Gasteiger partial charge in [0.25, 0.3) is 0 Å². The molecule has 1 aromatic rings. The van der Waals surface area contributed by atoms with Gasteiger partial charge in [-0.1, -0.05) is 0 Å². The average Bonchev–Trinajstić information content (AvgIpc) is 2.43. The number of imidazole rings is 1. The smallest absolute Gasteiger partial charge is 0.317 e. The predicted molar refractivity (Wildman–Crippen MR) is 50.8 cm³/mol. The van der Waals surface area contributed by atoms with Crippen LogP contribution in [-0.4, -0.2) is 22.6 Å². The number of aromatic nitrogens is 2. The Morgan fingerprint density at radius 1 is 1.38 bits per heavy atom. The zero-order valence-corrected chi connectivity index (χ0v) is 7.62. The third-order valence-electron chi connectivity index (χ3n) is 2.62. The van der Waals surface area contributed by atoms with Gasteiger partial charge in [0.2, 0.25) is 0 Å². The molecule has 4 nitrogen and oxygen atoms in total. The molecule has 0 amide bonds. The summed E-state index contributed by atoms with van der Waals surface area (Å²) in [6.45, 7) is 2.10. The highest BCUT2D eigenvalue weighted by molar-refractivity contribution is 4.83. The molecule has 2 N–H and O–H groups in total. The van der Waals surface area contributed by atoms with Crippen LogP contribution < -0.4 is 11.0 Å². The zero-order valence-electron chi connectivity index (χ0n) is 7.62. The molecule has 0 aliphatic carbocycles. The van der Waals surface area contributed by atoms with Gasteiger partial charge in [-0.05, 0) is 32.4 Å². The summed E-state index contributed by atoms with van der Waals surface area (Å²) in [5.74, 6) is 0. The largest absolute Gasteiger partial charge is 0.325 e. The lowest BCUT2D eigenvalue weighted by Crippen LogP contribution is -2.22. The van der Waals surface area contributed by atoms with Crippen molar-refractivity contribution in [3.05, 3.63) is 22.9 Å². The van der Waals surface area contributed by atoms with E-state index in [0.29, 0.717) is 6.04 Å². The zero-order chi connectivity index (χ0) is 9.10. The minimum Gasteiger partial charge on any atom is -0.317 e. The van der Waals surface area contributed by atoms with Gasteiger partial charge in [-0.3, -0.25) is 4.57 Å². The molecule has 1 atom stereocenters.